The Balaban J connectivity index is 2.12. The van der Waals surface area contributed by atoms with Gasteiger partial charge in [-0.25, -0.2) is 4.98 Å². The number of nitrogens with one attached hydrogen (secondary N) is 3. The lowest BCUT2D eigenvalue weighted by atomic mass is 10.00. The van der Waals surface area contributed by atoms with Crippen molar-refractivity contribution in [3.8, 4) is 0 Å². The highest BCUT2D eigenvalue weighted by Gasteiger charge is 2.30. The van der Waals surface area contributed by atoms with Gasteiger partial charge in [-0.05, 0) is 25.8 Å². The number of benzene rings is 1. The third-order valence-electron chi connectivity index (χ3n) is 5.45. The number of ether oxygens (including phenoxy) is 3. The molecule has 1 heterocycles. The molecule has 11 nitrogen and oxygen atoms in total. The maximum absolute atomic E-state index is 13.2. The van der Waals surface area contributed by atoms with E-state index < -0.39 is 35.8 Å². The average molecular weight is 549 g/mol. The lowest BCUT2D eigenvalue weighted by Crippen LogP contribution is -2.58. The van der Waals surface area contributed by atoms with Crippen LogP contribution < -0.4 is 16.0 Å². The van der Waals surface area contributed by atoms with E-state index in [0.717, 1.165) is 5.56 Å². The molecule has 3 atom stereocenters. The minimum Gasteiger partial charge on any atom is -0.382 e. The summed E-state index contributed by atoms with van der Waals surface area (Å²) >= 11 is 1.19. The van der Waals surface area contributed by atoms with E-state index in [1.165, 1.54) is 31.8 Å². The van der Waals surface area contributed by atoms with Crippen molar-refractivity contribution < 1.29 is 33.4 Å². The molecule has 0 bridgehead atoms. The van der Waals surface area contributed by atoms with Gasteiger partial charge in [0, 0.05) is 27.2 Å². The second-order valence-corrected chi connectivity index (χ2v) is 9.64. The van der Waals surface area contributed by atoms with Crippen molar-refractivity contribution in [2.75, 3.05) is 40.6 Å². The molecule has 2 aromatic rings. The van der Waals surface area contributed by atoms with E-state index in [-0.39, 0.29) is 38.4 Å². The third kappa shape index (κ3) is 10.3. The standard InChI is InChI=1S/C26H36N4O7S/c1-5-37-12-11-22(31)19(13-18-9-7-6-8-10-18)28-24(32)20(15-35-3)29-25(33)21(16-36-4)30-26(34)23-14-27-17(2)38-23/h6-10,14,19-21H,5,11-13,15-16H2,1-4H3,(H,28,32)(H,29,33)(H,30,34)/t19?,20-,21?/m0/s1. The number of carbonyl (C=O) groups excluding carboxylic acids is 4. The van der Waals surface area contributed by atoms with Crippen LogP contribution in [0.4, 0.5) is 0 Å². The third-order valence-corrected chi connectivity index (χ3v) is 6.36. The van der Waals surface area contributed by atoms with Crippen molar-refractivity contribution in [3.05, 3.63) is 52.0 Å². The Kier molecular flexibility index (Phi) is 13.6. The smallest absolute Gasteiger partial charge is 0.263 e. The molecule has 1 aromatic heterocycles. The molecule has 3 amide bonds. The van der Waals surface area contributed by atoms with Crippen LogP contribution in [0.15, 0.2) is 36.5 Å². The maximum atomic E-state index is 13.2. The summed E-state index contributed by atoms with van der Waals surface area (Å²) in [6.07, 6.45) is 1.83. The molecule has 2 unspecified atom stereocenters. The predicted molar refractivity (Wildman–Crippen MR) is 142 cm³/mol. The van der Waals surface area contributed by atoms with Crippen molar-refractivity contribution in [3.63, 3.8) is 0 Å². The number of aryl methyl sites for hydroxylation is 1. The van der Waals surface area contributed by atoms with Gasteiger partial charge in [0.25, 0.3) is 5.91 Å². The van der Waals surface area contributed by atoms with Crippen molar-refractivity contribution >= 4 is 34.8 Å². The number of carbonyl (C=O) groups is 4. The Labute approximate surface area is 226 Å². The highest BCUT2D eigenvalue weighted by atomic mass is 32.1. The maximum Gasteiger partial charge on any atom is 0.263 e. The molecular formula is C26H36N4O7S. The zero-order valence-corrected chi connectivity index (χ0v) is 23.0. The number of ketones is 1. The van der Waals surface area contributed by atoms with E-state index in [0.29, 0.717) is 16.5 Å². The van der Waals surface area contributed by atoms with E-state index in [2.05, 4.69) is 20.9 Å². The molecule has 38 heavy (non-hydrogen) atoms. The van der Waals surface area contributed by atoms with Crippen LogP contribution in [0.2, 0.25) is 0 Å². The van der Waals surface area contributed by atoms with Crippen molar-refractivity contribution in [2.45, 2.75) is 44.8 Å². The lowest BCUT2D eigenvalue weighted by molar-refractivity contribution is -0.133. The highest BCUT2D eigenvalue weighted by molar-refractivity contribution is 7.13. The van der Waals surface area contributed by atoms with Gasteiger partial charge in [-0.15, -0.1) is 11.3 Å². The SMILES string of the molecule is CCOCCC(=O)C(Cc1ccccc1)NC(=O)[C@H](COC)NC(=O)C(COC)NC(=O)c1cnc(C)s1. The summed E-state index contributed by atoms with van der Waals surface area (Å²) in [5, 5.41) is 8.68. The fourth-order valence-electron chi connectivity index (χ4n) is 3.53. The molecule has 0 fully saturated rings. The van der Waals surface area contributed by atoms with Crippen molar-refractivity contribution in [2.24, 2.45) is 0 Å². The number of rotatable bonds is 17. The molecule has 1 aromatic carbocycles. The summed E-state index contributed by atoms with van der Waals surface area (Å²) in [5.41, 5.74) is 0.871. The molecule has 0 saturated heterocycles. The van der Waals surface area contributed by atoms with Gasteiger partial charge >= 0.3 is 0 Å². The fourth-order valence-corrected chi connectivity index (χ4v) is 4.21. The first-order valence-corrected chi connectivity index (χ1v) is 13.1. The Morgan fingerprint density at radius 2 is 1.53 bits per heavy atom. The van der Waals surface area contributed by atoms with Crippen LogP contribution in [0.3, 0.4) is 0 Å². The van der Waals surface area contributed by atoms with Gasteiger partial charge in [-0.1, -0.05) is 30.3 Å². The molecule has 12 heteroatoms. The first kappa shape index (κ1) is 31.0. The first-order valence-electron chi connectivity index (χ1n) is 12.2. The van der Waals surface area contributed by atoms with Crippen LogP contribution in [0, 0.1) is 6.92 Å². The number of hydrogen-bond donors (Lipinski definition) is 3. The number of nitrogens with zero attached hydrogens (tertiary/aromatic N) is 1. The van der Waals surface area contributed by atoms with E-state index in [4.69, 9.17) is 14.2 Å². The second kappa shape index (κ2) is 16.6. The largest absolute Gasteiger partial charge is 0.382 e. The number of Topliss-reactive ketones (excluding diaryl/α,β-unsaturated/α-hetero) is 1. The summed E-state index contributed by atoms with van der Waals surface area (Å²) in [4.78, 5) is 56.1. The monoisotopic (exact) mass is 548 g/mol. The summed E-state index contributed by atoms with van der Waals surface area (Å²) in [7, 11) is 2.78. The van der Waals surface area contributed by atoms with Gasteiger partial charge in [0.1, 0.15) is 17.0 Å². The lowest BCUT2D eigenvalue weighted by Gasteiger charge is -2.25. The van der Waals surface area contributed by atoms with E-state index in [1.807, 2.05) is 37.3 Å². The molecule has 0 saturated carbocycles. The molecule has 0 aliphatic heterocycles. The summed E-state index contributed by atoms with van der Waals surface area (Å²) in [5.74, 6) is -1.90. The van der Waals surface area contributed by atoms with E-state index in [1.54, 1.807) is 6.92 Å². The zero-order valence-electron chi connectivity index (χ0n) is 22.2. The van der Waals surface area contributed by atoms with Gasteiger partial charge in [0.2, 0.25) is 11.8 Å². The van der Waals surface area contributed by atoms with Gasteiger partial charge in [-0.2, -0.15) is 0 Å². The minimum absolute atomic E-state index is 0.122. The topological polar surface area (TPSA) is 145 Å². The van der Waals surface area contributed by atoms with Crippen LogP contribution in [0.5, 0.6) is 0 Å². The Morgan fingerprint density at radius 3 is 2.08 bits per heavy atom. The van der Waals surface area contributed by atoms with Gasteiger partial charge in [0.15, 0.2) is 5.78 Å². The normalized spacial score (nSPS) is 13.3. The highest BCUT2D eigenvalue weighted by Crippen LogP contribution is 2.11. The van der Waals surface area contributed by atoms with E-state index >= 15 is 0 Å². The zero-order chi connectivity index (χ0) is 27.9. The van der Waals surface area contributed by atoms with Crippen LogP contribution in [-0.2, 0) is 35.0 Å². The number of amides is 3. The number of thiazole rings is 1. The Morgan fingerprint density at radius 1 is 0.921 bits per heavy atom. The van der Waals surface area contributed by atoms with Crippen LogP contribution >= 0.6 is 11.3 Å². The van der Waals surface area contributed by atoms with Gasteiger partial charge in [0.05, 0.1) is 37.1 Å². The molecule has 0 aliphatic rings. The summed E-state index contributed by atoms with van der Waals surface area (Å²) in [6.45, 7) is 4.05. The van der Waals surface area contributed by atoms with Crippen LogP contribution in [0.1, 0.15) is 33.6 Å². The molecule has 208 valence electrons. The number of hydrogen-bond acceptors (Lipinski definition) is 9. The first-order chi connectivity index (χ1) is 18.3. The summed E-state index contributed by atoms with van der Waals surface area (Å²) in [6, 6.07) is 6.28. The minimum atomic E-state index is -1.12. The van der Waals surface area contributed by atoms with Gasteiger partial charge < -0.3 is 30.2 Å². The van der Waals surface area contributed by atoms with Crippen LogP contribution in [0.25, 0.3) is 0 Å². The van der Waals surface area contributed by atoms with Crippen molar-refractivity contribution in [1.82, 2.24) is 20.9 Å². The molecular weight excluding hydrogens is 512 g/mol. The van der Waals surface area contributed by atoms with Gasteiger partial charge in [-0.3, -0.25) is 19.2 Å². The Hall–Kier alpha value is -3.19. The summed E-state index contributed by atoms with van der Waals surface area (Å²) < 4.78 is 15.6. The Bertz CT molecular complexity index is 1050. The molecule has 0 spiro atoms. The molecule has 2 rings (SSSR count). The number of methoxy groups -OCH3 is 2. The van der Waals surface area contributed by atoms with Crippen LogP contribution in [-0.4, -0.2) is 87.3 Å². The molecule has 0 aliphatic carbocycles. The average Bonchev–Trinajstić information content (AvgIpc) is 3.34. The molecule has 0 radical (unpaired) electrons. The van der Waals surface area contributed by atoms with Crippen molar-refractivity contribution in [1.29, 1.82) is 0 Å². The predicted octanol–water partition coefficient (Wildman–Crippen LogP) is 1.05. The quantitative estimate of drug-likeness (QED) is 0.249. The fraction of sp³-hybridized carbons (Fsp3) is 0.500. The molecule has 3 N–H and O–H groups in total. The number of aromatic nitrogens is 1. The van der Waals surface area contributed by atoms with E-state index in [9.17, 15) is 19.2 Å². The second-order valence-electron chi connectivity index (χ2n) is 8.41.